The summed E-state index contributed by atoms with van der Waals surface area (Å²) in [6.07, 6.45) is 3.65. The Hall–Kier alpha value is -1.69. The van der Waals surface area contributed by atoms with Crippen LogP contribution in [0, 0.1) is 0 Å². The smallest absolute Gasteiger partial charge is 0.233 e. The lowest BCUT2D eigenvalue weighted by molar-refractivity contribution is -0.120. The van der Waals surface area contributed by atoms with E-state index in [0.717, 1.165) is 15.7 Å². The normalized spacial score (nSPS) is 20.1. The number of rotatable bonds is 2. The molecule has 2 heterocycles. The van der Waals surface area contributed by atoms with Gasteiger partial charge in [0.25, 0.3) is 0 Å². The van der Waals surface area contributed by atoms with Crippen LogP contribution in [0.1, 0.15) is 37.2 Å². The number of pyridine rings is 1. The lowest BCUT2D eigenvalue weighted by Crippen LogP contribution is -2.41. The number of amides is 1. The lowest BCUT2D eigenvalue weighted by atomic mass is 9.77. The second-order valence-corrected chi connectivity index (χ2v) is 8.30. The van der Waals surface area contributed by atoms with E-state index in [1.165, 1.54) is 0 Å². The van der Waals surface area contributed by atoms with E-state index in [-0.39, 0.29) is 24.0 Å². The summed E-state index contributed by atoms with van der Waals surface area (Å²) in [5.41, 5.74) is 2.12. The molecular weight excluding hydrogens is 451 g/mol. The molecule has 0 radical (unpaired) electrons. The van der Waals surface area contributed by atoms with Crippen LogP contribution in [0.15, 0.2) is 52.3 Å². The molecule has 1 amide bonds. The molecule has 0 N–H and O–H groups in total. The zero-order chi connectivity index (χ0) is 19.1. The molecule has 1 aromatic carbocycles. The second-order valence-electron chi connectivity index (χ2n) is 6.60. The van der Waals surface area contributed by atoms with Gasteiger partial charge >= 0.3 is 0 Å². The SMILES string of the molecule is O=C1CCCC2=C1C(c1cccc(Cl)c1Cl)CC(=O)N2c1ccc(Br)cn1. The molecule has 1 atom stereocenters. The third-order valence-electron chi connectivity index (χ3n) is 4.97. The molecule has 4 nitrogen and oxygen atoms in total. The molecule has 27 heavy (non-hydrogen) atoms. The molecule has 7 heteroatoms. The van der Waals surface area contributed by atoms with Crippen molar-refractivity contribution in [3.8, 4) is 0 Å². The fourth-order valence-electron chi connectivity index (χ4n) is 3.81. The summed E-state index contributed by atoms with van der Waals surface area (Å²) >= 11 is 16.0. The highest BCUT2D eigenvalue weighted by Gasteiger charge is 2.40. The van der Waals surface area contributed by atoms with Gasteiger partial charge < -0.3 is 0 Å². The monoisotopic (exact) mass is 464 g/mol. The zero-order valence-corrected chi connectivity index (χ0v) is 17.3. The summed E-state index contributed by atoms with van der Waals surface area (Å²) in [5, 5.41) is 0.821. The number of carbonyl (C=O) groups is 2. The average molecular weight is 466 g/mol. The van der Waals surface area contributed by atoms with Crippen molar-refractivity contribution < 1.29 is 9.59 Å². The lowest BCUT2D eigenvalue weighted by Gasteiger charge is -2.38. The van der Waals surface area contributed by atoms with Crippen LogP contribution in [0.2, 0.25) is 10.0 Å². The number of allylic oxidation sites excluding steroid dienone is 2. The third kappa shape index (κ3) is 3.33. The topological polar surface area (TPSA) is 50.3 Å². The summed E-state index contributed by atoms with van der Waals surface area (Å²) in [4.78, 5) is 31.9. The maximum Gasteiger partial charge on any atom is 0.233 e. The van der Waals surface area contributed by atoms with Crippen molar-refractivity contribution in [2.24, 2.45) is 0 Å². The molecule has 0 spiro atoms. The number of halogens is 3. The number of aromatic nitrogens is 1. The van der Waals surface area contributed by atoms with Crippen molar-refractivity contribution in [1.82, 2.24) is 4.98 Å². The van der Waals surface area contributed by atoms with E-state index in [9.17, 15) is 9.59 Å². The van der Waals surface area contributed by atoms with E-state index in [1.807, 2.05) is 12.1 Å². The summed E-state index contributed by atoms with van der Waals surface area (Å²) in [7, 11) is 0. The van der Waals surface area contributed by atoms with Gasteiger partial charge in [-0.15, -0.1) is 0 Å². The van der Waals surface area contributed by atoms with Gasteiger partial charge in [0.2, 0.25) is 5.91 Å². The van der Waals surface area contributed by atoms with Crippen LogP contribution in [0.3, 0.4) is 0 Å². The maximum atomic E-state index is 13.1. The Morgan fingerprint density at radius 2 is 1.93 bits per heavy atom. The van der Waals surface area contributed by atoms with E-state index in [4.69, 9.17) is 23.2 Å². The van der Waals surface area contributed by atoms with Gasteiger partial charge in [0.1, 0.15) is 5.82 Å². The number of anilines is 1. The summed E-state index contributed by atoms with van der Waals surface area (Å²) in [6.45, 7) is 0. The summed E-state index contributed by atoms with van der Waals surface area (Å²) < 4.78 is 0.827. The summed E-state index contributed by atoms with van der Waals surface area (Å²) in [5.74, 6) is 0.116. The Kier molecular flexibility index (Phi) is 5.10. The van der Waals surface area contributed by atoms with Crippen LogP contribution in [0.5, 0.6) is 0 Å². The third-order valence-corrected chi connectivity index (χ3v) is 6.28. The molecule has 0 bridgehead atoms. The Morgan fingerprint density at radius 3 is 2.67 bits per heavy atom. The highest BCUT2D eigenvalue weighted by atomic mass is 79.9. The van der Waals surface area contributed by atoms with E-state index in [1.54, 1.807) is 29.3 Å². The van der Waals surface area contributed by atoms with Crippen LogP contribution < -0.4 is 4.90 Å². The minimum Gasteiger partial charge on any atom is -0.294 e. The number of ketones is 1. The number of Topliss-reactive ketones (excluding diaryl/α,β-unsaturated/α-hetero) is 1. The number of carbonyl (C=O) groups excluding carboxylic acids is 2. The van der Waals surface area contributed by atoms with Crippen molar-refractivity contribution in [2.45, 2.75) is 31.6 Å². The number of hydrogen-bond acceptors (Lipinski definition) is 3. The Labute approximate surface area is 175 Å². The molecule has 0 saturated carbocycles. The second kappa shape index (κ2) is 7.38. The molecule has 1 unspecified atom stereocenters. The molecule has 0 fully saturated rings. The van der Waals surface area contributed by atoms with Gasteiger partial charge in [-0.1, -0.05) is 35.3 Å². The highest BCUT2D eigenvalue weighted by molar-refractivity contribution is 9.10. The molecule has 0 saturated heterocycles. The number of benzene rings is 1. The highest BCUT2D eigenvalue weighted by Crippen LogP contribution is 2.45. The standard InChI is InChI=1S/C20H15BrCl2N2O2/c21-11-7-8-17(24-10-11)25-15-5-2-6-16(26)19(15)13(9-18(25)27)12-3-1-4-14(22)20(12)23/h1,3-4,7-8,10,13H,2,5-6,9H2. The van der Waals surface area contributed by atoms with Gasteiger partial charge in [0.15, 0.2) is 5.78 Å². The number of hydrogen-bond donors (Lipinski definition) is 0. The van der Waals surface area contributed by atoms with Crippen LogP contribution in [0.25, 0.3) is 0 Å². The average Bonchev–Trinajstić information content (AvgIpc) is 2.65. The first-order valence-corrected chi connectivity index (χ1v) is 10.2. The fourth-order valence-corrected chi connectivity index (χ4v) is 4.49. The van der Waals surface area contributed by atoms with Crippen molar-refractivity contribution in [1.29, 1.82) is 0 Å². The van der Waals surface area contributed by atoms with Gasteiger partial charge in [0, 0.05) is 40.7 Å². The molecule has 138 valence electrons. The van der Waals surface area contributed by atoms with Crippen molar-refractivity contribution in [3.63, 3.8) is 0 Å². The Morgan fingerprint density at radius 1 is 1.11 bits per heavy atom. The Bertz CT molecular complexity index is 972. The predicted octanol–water partition coefficient (Wildman–Crippen LogP) is 5.68. The van der Waals surface area contributed by atoms with Gasteiger partial charge in [-0.05, 0) is 52.5 Å². The van der Waals surface area contributed by atoms with Crippen LogP contribution >= 0.6 is 39.1 Å². The largest absolute Gasteiger partial charge is 0.294 e. The van der Waals surface area contributed by atoms with Crippen LogP contribution in [-0.4, -0.2) is 16.7 Å². The quantitative estimate of drug-likeness (QED) is 0.573. The first kappa shape index (κ1) is 18.7. The van der Waals surface area contributed by atoms with Gasteiger partial charge in [-0.2, -0.15) is 0 Å². The van der Waals surface area contributed by atoms with E-state index in [0.29, 0.717) is 40.7 Å². The van der Waals surface area contributed by atoms with Crippen LogP contribution in [-0.2, 0) is 9.59 Å². The first-order chi connectivity index (χ1) is 13.0. The molecule has 2 aromatic rings. The van der Waals surface area contributed by atoms with Crippen molar-refractivity contribution in [2.75, 3.05) is 4.90 Å². The van der Waals surface area contributed by atoms with E-state index >= 15 is 0 Å². The molecule has 1 aliphatic carbocycles. The minimum absolute atomic E-state index is 0.0619. The maximum absolute atomic E-state index is 13.1. The molecule has 2 aliphatic rings. The van der Waals surface area contributed by atoms with Crippen LogP contribution in [0.4, 0.5) is 5.82 Å². The molecular formula is C20H15BrCl2N2O2. The molecule has 1 aromatic heterocycles. The molecule has 1 aliphatic heterocycles. The van der Waals surface area contributed by atoms with Crippen molar-refractivity contribution in [3.05, 3.63) is 67.9 Å². The Balaban J connectivity index is 1.88. The summed E-state index contributed by atoms with van der Waals surface area (Å²) in [6, 6.07) is 8.95. The van der Waals surface area contributed by atoms with E-state index < -0.39 is 0 Å². The predicted molar refractivity (Wildman–Crippen MR) is 109 cm³/mol. The van der Waals surface area contributed by atoms with Gasteiger partial charge in [0.05, 0.1) is 10.0 Å². The van der Waals surface area contributed by atoms with Gasteiger partial charge in [-0.25, -0.2) is 4.98 Å². The van der Waals surface area contributed by atoms with Gasteiger partial charge in [-0.3, -0.25) is 14.5 Å². The van der Waals surface area contributed by atoms with Crippen molar-refractivity contribution >= 4 is 56.6 Å². The zero-order valence-electron chi connectivity index (χ0n) is 14.2. The number of nitrogens with zero attached hydrogens (tertiary/aromatic N) is 2. The fraction of sp³-hybridized carbons (Fsp3) is 0.250. The minimum atomic E-state index is -0.377. The van der Waals surface area contributed by atoms with E-state index in [2.05, 4.69) is 20.9 Å². The molecule has 4 rings (SSSR count). The first-order valence-electron chi connectivity index (χ1n) is 8.62.